The Labute approximate surface area is 203 Å². The first-order chi connectivity index (χ1) is 17.0. The third kappa shape index (κ3) is 5.85. The minimum absolute atomic E-state index is 0.0602. The molecule has 1 aliphatic heterocycles. The summed E-state index contributed by atoms with van der Waals surface area (Å²) < 4.78 is 37.4. The highest BCUT2D eigenvalue weighted by Crippen LogP contribution is 2.37. The Morgan fingerprint density at radius 2 is 1.89 bits per heavy atom. The average molecular weight is 477 g/mol. The van der Waals surface area contributed by atoms with Crippen LogP contribution in [0.3, 0.4) is 0 Å². The Morgan fingerprint density at radius 1 is 1.11 bits per heavy atom. The molecule has 0 saturated carbocycles. The molecule has 3 aromatic rings. The Kier molecular flexibility index (Phi) is 7.41. The molecule has 7 heteroatoms. The number of rotatable bonds is 8. The van der Waals surface area contributed by atoms with E-state index in [4.69, 9.17) is 24.1 Å². The Morgan fingerprint density at radius 3 is 2.60 bits per heavy atom. The van der Waals surface area contributed by atoms with E-state index in [1.165, 1.54) is 13.2 Å². The quantitative estimate of drug-likeness (QED) is 0.445. The second-order valence-electron chi connectivity index (χ2n) is 7.98. The summed E-state index contributed by atoms with van der Waals surface area (Å²) in [4.78, 5) is 11.1. The third-order valence-electron chi connectivity index (χ3n) is 5.56. The summed E-state index contributed by atoms with van der Waals surface area (Å²) in [5, 5.41) is 9.10. The molecule has 6 nitrogen and oxygen atoms in total. The summed E-state index contributed by atoms with van der Waals surface area (Å²) in [7, 11) is 1.53. The van der Waals surface area contributed by atoms with Gasteiger partial charge in [0.05, 0.1) is 19.4 Å². The molecule has 3 aromatic carbocycles. The molecule has 2 atom stereocenters. The second kappa shape index (κ2) is 10.8. The number of hydrogen-bond acceptors (Lipinski definition) is 5. The number of ether oxygens (including phenoxy) is 4. The standard InChI is InChI=1S/C28H25FO6/c1-3-4-19(14-28(30)31)18-5-8-21(9-6-18)33-16-23-17-34-26-12-7-20(13-27(26)35-23)24-15-22(32-2)10-11-25(24)29/h5-13,15,19,23H,14,16-17H2,1-2H3,(H,30,31)/t19-,23-/m0/s1. The van der Waals surface area contributed by atoms with Crippen molar-refractivity contribution in [3.63, 3.8) is 0 Å². The third-order valence-corrected chi connectivity index (χ3v) is 5.56. The highest BCUT2D eigenvalue weighted by Gasteiger charge is 2.23. The zero-order chi connectivity index (χ0) is 24.8. The van der Waals surface area contributed by atoms with Gasteiger partial charge < -0.3 is 24.1 Å². The van der Waals surface area contributed by atoms with E-state index in [9.17, 15) is 9.18 Å². The lowest BCUT2D eigenvalue weighted by Crippen LogP contribution is -2.34. The van der Waals surface area contributed by atoms with Crippen molar-refractivity contribution >= 4 is 5.97 Å². The zero-order valence-corrected chi connectivity index (χ0v) is 19.4. The second-order valence-corrected chi connectivity index (χ2v) is 7.98. The molecule has 0 radical (unpaired) electrons. The molecule has 0 spiro atoms. The van der Waals surface area contributed by atoms with Crippen LogP contribution in [0.4, 0.5) is 4.39 Å². The lowest BCUT2D eigenvalue weighted by Gasteiger charge is -2.27. The van der Waals surface area contributed by atoms with Gasteiger partial charge in [0.25, 0.3) is 0 Å². The van der Waals surface area contributed by atoms with E-state index >= 15 is 0 Å². The smallest absolute Gasteiger partial charge is 0.304 e. The number of benzene rings is 3. The van der Waals surface area contributed by atoms with E-state index in [1.54, 1.807) is 49.4 Å². The van der Waals surface area contributed by atoms with Crippen molar-refractivity contribution in [2.24, 2.45) is 0 Å². The van der Waals surface area contributed by atoms with Crippen LogP contribution in [0.5, 0.6) is 23.0 Å². The number of carbonyl (C=O) groups is 1. The first-order valence-electron chi connectivity index (χ1n) is 11.1. The molecule has 0 bridgehead atoms. The molecule has 180 valence electrons. The van der Waals surface area contributed by atoms with Crippen LogP contribution >= 0.6 is 0 Å². The van der Waals surface area contributed by atoms with Gasteiger partial charge in [-0.1, -0.05) is 24.1 Å². The van der Waals surface area contributed by atoms with Crippen molar-refractivity contribution in [2.45, 2.75) is 25.4 Å². The maximum absolute atomic E-state index is 14.4. The minimum Gasteiger partial charge on any atom is -0.497 e. The van der Waals surface area contributed by atoms with Crippen molar-refractivity contribution in [1.29, 1.82) is 0 Å². The van der Waals surface area contributed by atoms with Crippen LogP contribution in [0.2, 0.25) is 0 Å². The van der Waals surface area contributed by atoms with Crippen LogP contribution in [-0.4, -0.2) is 37.5 Å². The fourth-order valence-electron chi connectivity index (χ4n) is 3.80. The largest absolute Gasteiger partial charge is 0.497 e. The molecular formula is C28H25FO6. The molecule has 0 aliphatic carbocycles. The molecule has 0 amide bonds. The van der Waals surface area contributed by atoms with E-state index in [0.29, 0.717) is 40.7 Å². The lowest BCUT2D eigenvalue weighted by molar-refractivity contribution is -0.137. The summed E-state index contributed by atoms with van der Waals surface area (Å²) in [6.45, 7) is 2.24. The number of carboxylic acid groups (broad SMARTS) is 1. The maximum Gasteiger partial charge on any atom is 0.304 e. The van der Waals surface area contributed by atoms with Gasteiger partial charge in [0.1, 0.15) is 30.5 Å². The molecule has 0 unspecified atom stereocenters. The van der Waals surface area contributed by atoms with Crippen LogP contribution in [0, 0.1) is 17.7 Å². The predicted octanol–water partition coefficient (Wildman–Crippen LogP) is 5.30. The van der Waals surface area contributed by atoms with Crippen LogP contribution in [0.1, 0.15) is 24.8 Å². The highest BCUT2D eigenvalue weighted by atomic mass is 19.1. The predicted molar refractivity (Wildman–Crippen MR) is 129 cm³/mol. The normalized spacial score (nSPS) is 14.9. The van der Waals surface area contributed by atoms with E-state index in [0.717, 1.165) is 5.56 Å². The Hall–Kier alpha value is -4.18. The molecular weight excluding hydrogens is 451 g/mol. The number of halogens is 1. The Balaban J connectivity index is 1.41. The molecule has 1 aliphatic rings. The van der Waals surface area contributed by atoms with Gasteiger partial charge in [-0.25, -0.2) is 4.39 Å². The summed E-state index contributed by atoms with van der Waals surface area (Å²) in [5.41, 5.74) is 1.87. The molecule has 1 N–H and O–H groups in total. The number of carboxylic acids is 1. The van der Waals surface area contributed by atoms with E-state index in [2.05, 4.69) is 11.8 Å². The van der Waals surface area contributed by atoms with Crippen molar-refractivity contribution in [2.75, 3.05) is 20.3 Å². The first-order valence-corrected chi connectivity index (χ1v) is 11.1. The van der Waals surface area contributed by atoms with Gasteiger partial charge in [0.2, 0.25) is 0 Å². The van der Waals surface area contributed by atoms with Gasteiger partial charge in [-0.15, -0.1) is 5.92 Å². The number of methoxy groups -OCH3 is 1. The molecule has 4 rings (SSSR count). The van der Waals surface area contributed by atoms with Crippen molar-refractivity contribution in [3.05, 3.63) is 72.0 Å². The average Bonchev–Trinajstić information content (AvgIpc) is 2.87. The minimum atomic E-state index is -0.898. The van der Waals surface area contributed by atoms with Crippen molar-refractivity contribution in [1.82, 2.24) is 0 Å². The zero-order valence-electron chi connectivity index (χ0n) is 19.4. The fourth-order valence-corrected chi connectivity index (χ4v) is 3.80. The monoisotopic (exact) mass is 476 g/mol. The van der Waals surface area contributed by atoms with Crippen molar-refractivity contribution in [3.8, 4) is 46.0 Å². The number of aliphatic carboxylic acids is 1. The van der Waals surface area contributed by atoms with Crippen LogP contribution in [0.15, 0.2) is 60.7 Å². The highest BCUT2D eigenvalue weighted by molar-refractivity contribution is 5.70. The van der Waals surface area contributed by atoms with Gasteiger partial charge in [0, 0.05) is 5.56 Å². The van der Waals surface area contributed by atoms with Gasteiger partial charge in [-0.05, 0) is 60.5 Å². The van der Waals surface area contributed by atoms with Gasteiger partial charge in [-0.3, -0.25) is 4.79 Å². The first kappa shape index (κ1) is 24.0. The molecule has 0 aromatic heterocycles. The van der Waals surface area contributed by atoms with E-state index in [-0.39, 0.29) is 30.9 Å². The van der Waals surface area contributed by atoms with E-state index < -0.39 is 5.97 Å². The van der Waals surface area contributed by atoms with Crippen LogP contribution < -0.4 is 18.9 Å². The SMILES string of the molecule is CC#C[C@@H](CC(=O)O)c1ccc(OC[C@H]2COc3ccc(-c4cc(OC)ccc4F)cc3O2)cc1. The van der Waals surface area contributed by atoms with Crippen LogP contribution in [0.25, 0.3) is 11.1 Å². The summed E-state index contributed by atoms with van der Waals surface area (Å²) in [6.07, 6.45) is -0.423. The fraction of sp³-hybridized carbons (Fsp3) is 0.250. The van der Waals surface area contributed by atoms with Crippen LogP contribution in [-0.2, 0) is 4.79 Å². The van der Waals surface area contributed by atoms with Gasteiger partial charge in [0.15, 0.2) is 17.6 Å². The maximum atomic E-state index is 14.4. The topological polar surface area (TPSA) is 74.2 Å². The molecule has 1 heterocycles. The van der Waals surface area contributed by atoms with Gasteiger partial charge in [-0.2, -0.15) is 0 Å². The van der Waals surface area contributed by atoms with Gasteiger partial charge >= 0.3 is 5.97 Å². The molecule has 0 saturated heterocycles. The lowest BCUT2D eigenvalue weighted by atomic mass is 9.96. The summed E-state index contributed by atoms with van der Waals surface area (Å²) in [6, 6.07) is 17.0. The molecule has 35 heavy (non-hydrogen) atoms. The molecule has 0 fully saturated rings. The van der Waals surface area contributed by atoms with Crippen molar-refractivity contribution < 1.29 is 33.2 Å². The summed E-state index contributed by atoms with van der Waals surface area (Å²) in [5.74, 6) is 6.35. The Bertz CT molecular complexity index is 1260. The summed E-state index contributed by atoms with van der Waals surface area (Å²) >= 11 is 0. The number of hydrogen-bond donors (Lipinski definition) is 1. The van der Waals surface area contributed by atoms with E-state index in [1.807, 2.05) is 12.1 Å². The number of fused-ring (bicyclic) bond motifs is 1.